The number of unbranched alkanes of at least 4 members (excludes halogenated alkanes) is 1. The Hall–Kier alpha value is -1.10. The van der Waals surface area contributed by atoms with Crippen LogP contribution in [0.15, 0.2) is 0 Å². The van der Waals surface area contributed by atoms with Crippen LogP contribution in [-0.2, 0) is 9.59 Å². The van der Waals surface area contributed by atoms with Gasteiger partial charge in [0.15, 0.2) is 0 Å². The molecule has 1 atom stereocenters. The number of carbonyl (C=O) groups is 2. The van der Waals surface area contributed by atoms with Gasteiger partial charge in [-0.3, -0.25) is 4.79 Å². The van der Waals surface area contributed by atoms with E-state index in [1.54, 1.807) is 0 Å². The van der Waals surface area contributed by atoms with Crippen molar-refractivity contribution in [3.63, 3.8) is 0 Å². The third kappa shape index (κ3) is 3.48. The normalized spacial score (nSPS) is 13.3. The average molecular weight is 230 g/mol. The number of carboxylic acid groups (broad SMARTS) is 1. The largest absolute Gasteiger partial charge is 0.480 e. The van der Waals surface area contributed by atoms with Gasteiger partial charge in [-0.25, -0.2) is 4.79 Å². The van der Waals surface area contributed by atoms with E-state index in [0.717, 1.165) is 12.8 Å². The van der Waals surface area contributed by atoms with Crippen LogP contribution in [0.3, 0.4) is 0 Å². The first-order valence-corrected chi connectivity index (χ1v) is 5.51. The number of amides is 1. The molecule has 94 valence electrons. The topological polar surface area (TPSA) is 83.6 Å². The molecule has 16 heavy (non-hydrogen) atoms. The highest BCUT2D eigenvalue weighted by Crippen LogP contribution is 2.14. The van der Waals surface area contributed by atoms with E-state index in [4.69, 9.17) is 10.8 Å². The fraction of sp³-hybridized carbons (Fsp3) is 0.818. The van der Waals surface area contributed by atoms with Crippen LogP contribution in [0.2, 0.25) is 0 Å². The van der Waals surface area contributed by atoms with E-state index >= 15 is 0 Å². The van der Waals surface area contributed by atoms with Crippen molar-refractivity contribution in [3.8, 4) is 0 Å². The molecule has 0 heterocycles. The second kappa shape index (κ2) is 5.84. The van der Waals surface area contributed by atoms with E-state index in [-0.39, 0.29) is 5.91 Å². The van der Waals surface area contributed by atoms with Gasteiger partial charge in [0, 0.05) is 7.05 Å². The maximum Gasteiger partial charge on any atom is 0.329 e. The van der Waals surface area contributed by atoms with Crippen LogP contribution >= 0.6 is 0 Å². The first-order chi connectivity index (χ1) is 7.25. The zero-order chi connectivity index (χ0) is 12.9. The predicted octanol–water partition coefficient (Wildman–Crippen LogP) is 0.825. The van der Waals surface area contributed by atoms with Crippen molar-refractivity contribution in [2.24, 2.45) is 5.73 Å². The van der Waals surface area contributed by atoms with Gasteiger partial charge < -0.3 is 15.7 Å². The molecule has 0 radical (unpaired) electrons. The predicted molar refractivity (Wildman–Crippen MR) is 62.0 cm³/mol. The molecule has 5 nitrogen and oxygen atoms in total. The summed E-state index contributed by atoms with van der Waals surface area (Å²) in [4.78, 5) is 24.0. The lowest BCUT2D eigenvalue weighted by Gasteiger charge is -2.33. The highest BCUT2D eigenvalue weighted by atomic mass is 16.4. The molecule has 1 amide bonds. The highest BCUT2D eigenvalue weighted by Gasteiger charge is 2.36. The summed E-state index contributed by atoms with van der Waals surface area (Å²) >= 11 is 0. The molecular formula is C11H22N2O3. The zero-order valence-electron chi connectivity index (χ0n) is 10.5. The second-order valence-corrected chi connectivity index (χ2v) is 4.51. The molecule has 0 aromatic heterocycles. The van der Waals surface area contributed by atoms with E-state index < -0.39 is 17.6 Å². The molecular weight excluding hydrogens is 208 g/mol. The van der Waals surface area contributed by atoms with Gasteiger partial charge in [0.1, 0.15) is 5.54 Å². The fourth-order valence-electron chi connectivity index (χ4n) is 1.22. The molecule has 0 aliphatic heterocycles. The zero-order valence-corrected chi connectivity index (χ0v) is 10.5. The standard InChI is InChI=1S/C11H22N2O3/c1-5-6-7-8(12)9(14)13(4)11(2,3)10(15)16/h8H,5-7,12H2,1-4H3,(H,15,16)/t8-/m0/s1. The van der Waals surface area contributed by atoms with Crippen LogP contribution < -0.4 is 5.73 Å². The summed E-state index contributed by atoms with van der Waals surface area (Å²) in [7, 11) is 1.47. The second-order valence-electron chi connectivity index (χ2n) is 4.51. The minimum Gasteiger partial charge on any atom is -0.480 e. The Morgan fingerprint density at radius 1 is 1.44 bits per heavy atom. The number of carboxylic acids is 1. The summed E-state index contributed by atoms with van der Waals surface area (Å²) in [6.07, 6.45) is 2.43. The summed E-state index contributed by atoms with van der Waals surface area (Å²) in [6, 6.07) is -0.608. The number of hydrogen-bond donors (Lipinski definition) is 2. The van der Waals surface area contributed by atoms with E-state index in [9.17, 15) is 9.59 Å². The number of hydrogen-bond acceptors (Lipinski definition) is 3. The Bertz CT molecular complexity index is 264. The first-order valence-electron chi connectivity index (χ1n) is 5.51. The van der Waals surface area contributed by atoms with Crippen molar-refractivity contribution in [3.05, 3.63) is 0 Å². The van der Waals surface area contributed by atoms with E-state index in [1.165, 1.54) is 25.8 Å². The van der Waals surface area contributed by atoms with Crippen molar-refractivity contribution in [1.82, 2.24) is 4.90 Å². The van der Waals surface area contributed by atoms with Gasteiger partial charge in [0.2, 0.25) is 5.91 Å². The minimum absolute atomic E-state index is 0.319. The number of likely N-dealkylation sites (N-methyl/N-ethyl adjacent to an activating group) is 1. The smallest absolute Gasteiger partial charge is 0.329 e. The van der Waals surface area contributed by atoms with Crippen molar-refractivity contribution in [1.29, 1.82) is 0 Å². The number of aliphatic carboxylic acids is 1. The Morgan fingerprint density at radius 2 is 1.94 bits per heavy atom. The van der Waals surface area contributed by atoms with E-state index in [1.807, 2.05) is 6.92 Å². The van der Waals surface area contributed by atoms with Crippen LogP contribution in [0, 0.1) is 0 Å². The van der Waals surface area contributed by atoms with E-state index in [2.05, 4.69) is 0 Å². The lowest BCUT2D eigenvalue weighted by atomic mass is 10.0. The summed E-state index contributed by atoms with van der Waals surface area (Å²) in [5.41, 5.74) is 4.50. The van der Waals surface area contributed by atoms with Crippen molar-refractivity contribution in [2.45, 2.75) is 51.6 Å². The SMILES string of the molecule is CCCC[C@H](N)C(=O)N(C)C(C)(C)C(=O)O. The molecule has 5 heteroatoms. The van der Waals surface area contributed by atoms with Gasteiger partial charge >= 0.3 is 5.97 Å². The molecule has 0 aliphatic carbocycles. The molecule has 0 rings (SSSR count). The van der Waals surface area contributed by atoms with Crippen LogP contribution in [0.4, 0.5) is 0 Å². The lowest BCUT2D eigenvalue weighted by molar-refractivity contribution is -0.155. The monoisotopic (exact) mass is 230 g/mol. The molecule has 0 fully saturated rings. The fourth-order valence-corrected chi connectivity index (χ4v) is 1.22. The quantitative estimate of drug-likeness (QED) is 0.707. The number of nitrogens with two attached hydrogens (primary N) is 1. The summed E-state index contributed by atoms with van der Waals surface area (Å²) in [6.45, 7) is 4.99. The van der Waals surface area contributed by atoms with Gasteiger partial charge in [-0.2, -0.15) is 0 Å². The molecule has 0 unspecified atom stereocenters. The van der Waals surface area contributed by atoms with Crippen molar-refractivity contribution >= 4 is 11.9 Å². The highest BCUT2D eigenvalue weighted by molar-refractivity contribution is 5.88. The van der Waals surface area contributed by atoms with Gasteiger partial charge in [0.25, 0.3) is 0 Å². The summed E-state index contributed by atoms with van der Waals surface area (Å²) in [5.74, 6) is -1.35. The Morgan fingerprint density at radius 3 is 2.31 bits per heavy atom. The number of nitrogens with zero attached hydrogens (tertiary/aromatic N) is 1. The molecule has 3 N–H and O–H groups in total. The molecule has 0 aromatic rings. The van der Waals surface area contributed by atoms with Gasteiger partial charge in [-0.05, 0) is 20.3 Å². The average Bonchev–Trinajstić information content (AvgIpc) is 2.23. The maximum atomic E-state index is 11.8. The molecule has 0 saturated heterocycles. The Balaban J connectivity index is 4.54. The maximum absolute atomic E-state index is 11.8. The minimum atomic E-state index is -1.22. The summed E-state index contributed by atoms with van der Waals surface area (Å²) < 4.78 is 0. The van der Waals surface area contributed by atoms with E-state index in [0.29, 0.717) is 6.42 Å². The molecule has 0 bridgehead atoms. The molecule has 0 spiro atoms. The number of rotatable bonds is 6. The molecule has 0 saturated carbocycles. The van der Waals surface area contributed by atoms with Crippen molar-refractivity contribution in [2.75, 3.05) is 7.05 Å². The van der Waals surface area contributed by atoms with Gasteiger partial charge in [-0.15, -0.1) is 0 Å². The van der Waals surface area contributed by atoms with Gasteiger partial charge in [-0.1, -0.05) is 19.8 Å². The molecule has 0 aliphatic rings. The third-order valence-electron chi connectivity index (χ3n) is 2.88. The third-order valence-corrected chi connectivity index (χ3v) is 2.88. The Labute approximate surface area is 96.6 Å². The van der Waals surface area contributed by atoms with Crippen LogP contribution in [0.5, 0.6) is 0 Å². The molecule has 0 aromatic carbocycles. The van der Waals surface area contributed by atoms with Crippen LogP contribution in [-0.4, -0.2) is 40.5 Å². The van der Waals surface area contributed by atoms with Crippen molar-refractivity contribution < 1.29 is 14.7 Å². The van der Waals surface area contributed by atoms with Crippen LogP contribution in [0.25, 0.3) is 0 Å². The van der Waals surface area contributed by atoms with Crippen LogP contribution in [0.1, 0.15) is 40.0 Å². The Kier molecular flexibility index (Phi) is 5.44. The summed E-state index contributed by atoms with van der Waals surface area (Å²) in [5, 5.41) is 8.98. The first kappa shape index (κ1) is 14.9. The lowest BCUT2D eigenvalue weighted by Crippen LogP contribution is -2.55. The van der Waals surface area contributed by atoms with Gasteiger partial charge in [0.05, 0.1) is 6.04 Å². The number of carbonyl (C=O) groups excluding carboxylic acids is 1.